The molecular formula is C15H16N4O. The van der Waals surface area contributed by atoms with Gasteiger partial charge in [-0.15, -0.1) is 0 Å². The van der Waals surface area contributed by atoms with Crippen LogP contribution in [0.1, 0.15) is 27.0 Å². The van der Waals surface area contributed by atoms with Crippen LogP contribution in [0.3, 0.4) is 0 Å². The number of carbonyl (C=O) groups excluding carboxylic acids is 1. The van der Waals surface area contributed by atoms with E-state index in [0.29, 0.717) is 18.7 Å². The molecule has 0 aliphatic carbocycles. The van der Waals surface area contributed by atoms with E-state index in [0.717, 1.165) is 16.7 Å². The fourth-order valence-electron chi connectivity index (χ4n) is 1.82. The highest BCUT2D eigenvalue weighted by atomic mass is 16.1. The summed E-state index contributed by atoms with van der Waals surface area (Å²) in [5, 5.41) is 9.39. The smallest absolute Gasteiger partial charge is 0.251 e. The molecule has 1 heterocycles. The molecule has 0 aliphatic heterocycles. The molecule has 20 heavy (non-hydrogen) atoms. The maximum absolute atomic E-state index is 12.2. The second kappa shape index (κ2) is 6.55. The Hall–Kier alpha value is -2.58. The van der Waals surface area contributed by atoms with Gasteiger partial charge in [0.15, 0.2) is 0 Å². The molecule has 0 bridgehead atoms. The number of nitrogens with one attached hydrogen (secondary N) is 2. The zero-order chi connectivity index (χ0) is 14.4. The van der Waals surface area contributed by atoms with E-state index in [1.54, 1.807) is 18.5 Å². The summed E-state index contributed by atoms with van der Waals surface area (Å²) in [5.74, 6) is 5.64. The van der Waals surface area contributed by atoms with Crippen LogP contribution < -0.4 is 11.1 Å². The number of hydrogen-bond acceptors (Lipinski definition) is 3. The first kappa shape index (κ1) is 13.8. The highest BCUT2D eigenvalue weighted by molar-refractivity contribution is 5.96. The van der Waals surface area contributed by atoms with Gasteiger partial charge in [0.1, 0.15) is 0 Å². The maximum atomic E-state index is 12.2. The molecule has 0 radical (unpaired) electrons. The van der Waals surface area contributed by atoms with Gasteiger partial charge in [-0.25, -0.2) is 0 Å². The van der Waals surface area contributed by atoms with Gasteiger partial charge in [0.2, 0.25) is 0 Å². The average molecular weight is 268 g/mol. The summed E-state index contributed by atoms with van der Waals surface area (Å²) in [6.45, 7) is 2.62. The molecule has 2 aromatic rings. The number of aromatic amines is 1. The number of nitrogens with two attached hydrogens (primary N) is 1. The van der Waals surface area contributed by atoms with Crippen molar-refractivity contribution in [2.75, 3.05) is 6.54 Å². The lowest BCUT2D eigenvalue weighted by Crippen LogP contribution is -2.23. The number of benzene rings is 1. The normalized spacial score (nSPS) is 9.70. The third kappa shape index (κ3) is 3.25. The van der Waals surface area contributed by atoms with Crippen molar-refractivity contribution in [3.8, 4) is 11.8 Å². The molecule has 1 amide bonds. The molecule has 5 heteroatoms. The van der Waals surface area contributed by atoms with Gasteiger partial charge < -0.3 is 11.1 Å². The Morgan fingerprint density at radius 2 is 2.35 bits per heavy atom. The summed E-state index contributed by atoms with van der Waals surface area (Å²) < 4.78 is 0. The van der Waals surface area contributed by atoms with Gasteiger partial charge in [0, 0.05) is 29.4 Å². The largest absolute Gasteiger partial charge is 0.348 e. The van der Waals surface area contributed by atoms with Gasteiger partial charge in [0.25, 0.3) is 5.91 Å². The summed E-state index contributed by atoms with van der Waals surface area (Å²) in [6.07, 6.45) is 3.42. The lowest BCUT2D eigenvalue weighted by molar-refractivity contribution is 0.0950. The Bertz CT molecular complexity index is 650. The van der Waals surface area contributed by atoms with Crippen molar-refractivity contribution in [3.05, 3.63) is 52.8 Å². The van der Waals surface area contributed by atoms with Crippen molar-refractivity contribution >= 4 is 5.91 Å². The van der Waals surface area contributed by atoms with Crippen LogP contribution in [0.4, 0.5) is 0 Å². The van der Waals surface area contributed by atoms with Gasteiger partial charge in [-0.05, 0) is 24.6 Å². The van der Waals surface area contributed by atoms with E-state index in [9.17, 15) is 4.79 Å². The van der Waals surface area contributed by atoms with Crippen LogP contribution in [0.25, 0.3) is 0 Å². The summed E-state index contributed by atoms with van der Waals surface area (Å²) >= 11 is 0. The molecule has 5 nitrogen and oxygen atoms in total. The van der Waals surface area contributed by atoms with Gasteiger partial charge in [-0.3, -0.25) is 9.89 Å². The van der Waals surface area contributed by atoms with E-state index in [4.69, 9.17) is 5.73 Å². The molecular weight excluding hydrogens is 252 g/mol. The second-order valence-electron chi connectivity index (χ2n) is 4.27. The van der Waals surface area contributed by atoms with Crippen molar-refractivity contribution in [1.29, 1.82) is 0 Å². The highest BCUT2D eigenvalue weighted by Gasteiger charge is 2.10. The summed E-state index contributed by atoms with van der Waals surface area (Å²) in [7, 11) is 0. The van der Waals surface area contributed by atoms with Crippen molar-refractivity contribution < 1.29 is 4.79 Å². The molecule has 0 fully saturated rings. The highest BCUT2D eigenvalue weighted by Crippen LogP contribution is 2.13. The topological polar surface area (TPSA) is 83.8 Å². The molecule has 1 aromatic heterocycles. The lowest BCUT2D eigenvalue weighted by atomic mass is 10.0. The molecule has 102 valence electrons. The molecule has 2 rings (SSSR count). The zero-order valence-corrected chi connectivity index (χ0v) is 11.2. The third-order valence-electron chi connectivity index (χ3n) is 2.91. The predicted molar refractivity (Wildman–Crippen MR) is 76.9 cm³/mol. The Labute approximate surface area is 117 Å². The number of rotatable bonds is 3. The molecule has 4 N–H and O–H groups in total. The maximum Gasteiger partial charge on any atom is 0.251 e. The summed E-state index contributed by atoms with van der Waals surface area (Å²) in [4.78, 5) is 12.2. The molecule has 0 unspecified atom stereocenters. The van der Waals surface area contributed by atoms with Crippen LogP contribution in [0.2, 0.25) is 0 Å². The fourth-order valence-corrected chi connectivity index (χ4v) is 1.82. The number of hydrogen-bond donors (Lipinski definition) is 3. The van der Waals surface area contributed by atoms with Gasteiger partial charge in [0.05, 0.1) is 12.7 Å². The molecule has 0 spiro atoms. The van der Waals surface area contributed by atoms with E-state index in [-0.39, 0.29) is 5.91 Å². The number of nitrogens with zero attached hydrogens (tertiary/aromatic N) is 1. The average Bonchev–Trinajstić information content (AvgIpc) is 2.97. The summed E-state index contributed by atoms with van der Waals surface area (Å²) in [6, 6.07) is 5.48. The van der Waals surface area contributed by atoms with Crippen LogP contribution >= 0.6 is 0 Å². The van der Waals surface area contributed by atoms with Gasteiger partial charge in [-0.2, -0.15) is 5.10 Å². The third-order valence-corrected chi connectivity index (χ3v) is 2.91. The molecule has 1 aromatic carbocycles. The van der Waals surface area contributed by atoms with E-state index < -0.39 is 0 Å². The van der Waals surface area contributed by atoms with E-state index in [1.165, 1.54) is 0 Å². The first-order chi connectivity index (χ1) is 9.72. The lowest BCUT2D eigenvalue weighted by Gasteiger charge is -2.08. The zero-order valence-electron chi connectivity index (χ0n) is 11.2. The first-order valence-corrected chi connectivity index (χ1v) is 6.26. The quantitative estimate of drug-likeness (QED) is 0.725. The Morgan fingerprint density at radius 3 is 3.05 bits per heavy atom. The van der Waals surface area contributed by atoms with Crippen molar-refractivity contribution in [2.24, 2.45) is 5.73 Å². The number of H-pyrrole nitrogens is 1. The minimum Gasteiger partial charge on any atom is -0.348 e. The van der Waals surface area contributed by atoms with Crippen LogP contribution in [-0.2, 0) is 6.54 Å². The molecule has 0 aliphatic rings. The second-order valence-corrected chi connectivity index (χ2v) is 4.27. The molecule has 0 atom stereocenters. The van der Waals surface area contributed by atoms with E-state index in [1.807, 2.05) is 19.1 Å². The minimum atomic E-state index is -0.125. The van der Waals surface area contributed by atoms with Gasteiger partial charge in [-0.1, -0.05) is 17.9 Å². The van der Waals surface area contributed by atoms with Crippen molar-refractivity contribution in [1.82, 2.24) is 15.5 Å². The number of aromatic nitrogens is 2. The van der Waals surface area contributed by atoms with Crippen LogP contribution in [-0.4, -0.2) is 22.6 Å². The fraction of sp³-hybridized carbons (Fsp3) is 0.200. The van der Waals surface area contributed by atoms with Gasteiger partial charge >= 0.3 is 0 Å². The van der Waals surface area contributed by atoms with Crippen LogP contribution in [0.5, 0.6) is 0 Å². The Morgan fingerprint density at radius 1 is 1.50 bits per heavy atom. The Kier molecular flexibility index (Phi) is 4.53. The summed E-state index contributed by atoms with van der Waals surface area (Å²) in [5.41, 5.74) is 8.60. The van der Waals surface area contributed by atoms with E-state index >= 15 is 0 Å². The van der Waals surface area contributed by atoms with E-state index in [2.05, 4.69) is 27.4 Å². The monoisotopic (exact) mass is 268 g/mol. The molecule has 0 saturated heterocycles. The molecule has 0 saturated carbocycles. The van der Waals surface area contributed by atoms with Crippen molar-refractivity contribution in [3.63, 3.8) is 0 Å². The minimum absolute atomic E-state index is 0.125. The van der Waals surface area contributed by atoms with Crippen LogP contribution in [0.15, 0.2) is 30.6 Å². The SMILES string of the molecule is Cc1c(C#CCN)cccc1C(=O)NCc1cn[nH]c1. The number of carbonyl (C=O) groups is 1. The van der Waals surface area contributed by atoms with Crippen molar-refractivity contribution in [2.45, 2.75) is 13.5 Å². The standard InChI is InChI=1S/C15H16N4O/c1-11-13(5-3-7-16)4-2-6-14(11)15(20)17-8-12-9-18-19-10-12/h2,4,6,9-10H,7-8,16H2,1H3,(H,17,20)(H,18,19). The Balaban J connectivity index is 2.13. The number of amides is 1. The van der Waals surface area contributed by atoms with Crippen LogP contribution in [0, 0.1) is 18.8 Å². The first-order valence-electron chi connectivity index (χ1n) is 6.26. The predicted octanol–water partition coefficient (Wildman–Crippen LogP) is 0.958.